The van der Waals surface area contributed by atoms with Crippen molar-refractivity contribution in [3.8, 4) is 11.4 Å². The summed E-state index contributed by atoms with van der Waals surface area (Å²) in [7, 11) is 0. The van der Waals surface area contributed by atoms with Gasteiger partial charge in [0.25, 0.3) is 0 Å². The monoisotopic (exact) mass is 355 g/mol. The van der Waals surface area contributed by atoms with E-state index in [9.17, 15) is 0 Å². The Morgan fingerprint density at radius 2 is 1.38 bits per heavy atom. The maximum absolute atomic E-state index is 6.21. The van der Waals surface area contributed by atoms with E-state index < -0.39 is 0 Å². The Morgan fingerprint density at radius 1 is 0.750 bits per heavy atom. The minimum atomic E-state index is 0.251. The summed E-state index contributed by atoms with van der Waals surface area (Å²) in [4.78, 5) is 17.8. The van der Waals surface area contributed by atoms with E-state index >= 15 is 0 Å². The van der Waals surface area contributed by atoms with Gasteiger partial charge in [-0.25, -0.2) is 19.9 Å². The molecule has 0 amide bonds. The number of aryl methyl sites for hydroxylation is 1. The molecule has 2 N–H and O–H groups in total. The van der Waals surface area contributed by atoms with Gasteiger partial charge < -0.3 is 5.73 Å². The third-order valence-electron chi connectivity index (χ3n) is 3.70. The molecule has 2 aromatic heterocycles. The minimum Gasteiger partial charge on any atom is -0.382 e. The number of hydrogen-bond donors (Lipinski definition) is 1. The average molecular weight is 356 g/mol. The first kappa shape index (κ1) is 15.1. The lowest BCUT2D eigenvalue weighted by Gasteiger charge is -2.07. The highest BCUT2D eigenvalue weighted by Crippen LogP contribution is 2.30. The van der Waals surface area contributed by atoms with E-state index in [-0.39, 0.29) is 5.82 Å². The van der Waals surface area contributed by atoms with Gasteiger partial charge >= 0.3 is 0 Å². The molecule has 0 unspecified atom stereocenters. The Bertz CT molecular complexity index is 1090. The standard InChI is InChI=1S/C17H11Cl2N5/c1-8-2-4-9(5-3-8)16-23-15(20)14-17(24-16)22-13-11(19)7-6-10(18)12(13)21-14/h2-7H,1H3,(H2,20,22,23,24). The molecular weight excluding hydrogens is 345 g/mol. The number of anilines is 1. The van der Waals surface area contributed by atoms with Crippen molar-refractivity contribution in [3.63, 3.8) is 0 Å². The van der Waals surface area contributed by atoms with Crippen molar-refractivity contribution in [1.29, 1.82) is 0 Å². The highest BCUT2D eigenvalue weighted by molar-refractivity contribution is 6.39. The number of fused-ring (bicyclic) bond motifs is 2. The van der Waals surface area contributed by atoms with Crippen LogP contribution < -0.4 is 5.73 Å². The summed E-state index contributed by atoms with van der Waals surface area (Å²) in [6.07, 6.45) is 0. The Balaban J connectivity index is 2.02. The quantitative estimate of drug-likeness (QED) is 0.510. The van der Waals surface area contributed by atoms with Crippen molar-refractivity contribution in [2.75, 3.05) is 5.73 Å². The SMILES string of the molecule is Cc1ccc(-c2nc(N)c3nc4c(Cl)ccc(Cl)c4nc3n2)cc1. The third-order valence-corrected chi connectivity index (χ3v) is 4.31. The number of halogens is 2. The van der Waals surface area contributed by atoms with Gasteiger partial charge in [0.1, 0.15) is 11.0 Å². The van der Waals surface area contributed by atoms with Crippen LogP contribution in [0.1, 0.15) is 5.56 Å². The Hall–Kier alpha value is -2.50. The fourth-order valence-corrected chi connectivity index (χ4v) is 2.83. The molecule has 118 valence electrons. The van der Waals surface area contributed by atoms with Crippen LogP contribution in [-0.2, 0) is 0 Å². The van der Waals surface area contributed by atoms with Crippen LogP contribution in [0.2, 0.25) is 10.0 Å². The third kappa shape index (κ3) is 2.42. The summed E-state index contributed by atoms with van der Waals surface area (Å²) >= 11 is 12.4. The maximum atomic E-state index is 6.21. The van der Waals surface area contributed by atoms with Crippen molar-refractivity contribution in [2.45, 2.75) is 6.92 Å². The highest BCUT2D eigenvalue weighted by atomic mass is 35.5. The van der Waals surface area contributed by atoms with E-state index in [1.54, 1.807) is 12.1 Å². The van der Waals surface area contributed by atoms with E-state index in [1.807, 2.05) is 31.2 Å². The molecule has 0 fully saturated rings. The van der Waals surface area contributed by atoms with Gasteiger partial charge in [-0.2, -0.15) is 0 Å². The first-order valence-corrected chi connectivity index (χ1v) is 7.94. The van der Waals surface area contributed by atoms with Crippen molar-refractivity contribution in [2.24, 2.45) is 0 Å². The van der Waals surface area contributed by atoms with Crippen LogP contribution >= 0.6 is 23.2 Å². The van der Waals surface area contributed by atoms with E-state index in [4.69, 9.17) is 28.9 Å². The molecule has 2 heterocycles. The van der Waals surface area contributed by atoms with Crippen LogP contribution in [0.5, 0.6) is 0 Å². The van der Waals surface area contributed by atoms with Crippen molar-refractivity contribution >= 4 is 51.2 Å². The summed E-state index contributed by atoms with van der Waals surface area (Å²) in [5.41, 5.74) is 9.84. The van der Waals surface area contributed by atoms with Gasteiger partial charge in [-0.1, -0.05) is 53.0 Å². The number of rotatable bonds is 1. The first-order valence-electron chi connectivity index (χ1n) is 7.19. The minimum absolute atomic E-state index is 0.251. The van der Waals surface area contributed by atoms with Crippen LogP contribution in [0.15, 0.2) is 36.4 Å². The van der Waals surface area contributed by atoms with Gasteiger partial charge in [-0.05, 0) is 19.1 Å². The predicted octanol–water partition coefficient (Wildman–Crippen LogP) is 4.44. The molecule has 0 bridgehead atoms. The Labute approximate surface area is 147 Å². The molecule has 0 aliphatic heterocycles. The fraction of sp³-hybridized carbons (Fsp3) is 0.0588. The summed E-state index contributed by atoms with van der Waals surface area (Å²) in [6.45, 7) is 2.02. The molecule has 2 aromatic carbocycles. The van der Waals surface area contributed by atoms with Gasteiger partial charge in [-0.15, -0.1) is 0 Å². The van der Waals surface area contributed by atoms with Crippen molar-refractivity contribution < 1.29 is 0 Å². The van der Waals surface area contributed by atoms with Crippen molar-refractivity contribution in [1.82, 2.24) is 19.9 Å². The second kappa shape index (κ2) is 5.54. The van der Waals surface area contributed by atoms with Crippen LogP contribution in [0.3, 0.4) is 0 Å². The zero-order valence-corrected chi connectivity index (χ0v) is 14.1. The molecule has 24 heavy (non-hydrogen) atoms. The zero-order valence-electron chi connectivity index (χ0n) is 12.6. The second-order valence-corrected chi connectivity index (χ2v) is 6.24. The van der Waals surface area contributed by atoms with E-state index in [0.717, 1.165) is 11.1 Å². The molecule has 4 rings (SSSR count). The number of aromatic nitrogens is 4. The fourth-order valence-electron chi connectivity index (χ4n) is 2.44. The molecule has 0 saturated carbocycles. The molecule has 0 saturated heterocycles. The van der Waals surface area contributed by atoms with E-state index in [0.29, 0.717) is 38.1 Å². The number of nitrogens with zero attached hydrogens (tertiary/aromatic N) is 4. The van der Waals surface area contributed by atoms with E-state index in [2.05, 4.69) is 19.9 Å². The molecule has 7 heteroatoms. The number of nitrogens with two attached hydrogens (primary N) is 1. The smallest absolute Gasteiger partial charge is 0.184 e. The van der Waals surface area contributed by atoms with Crippen LogP contribution in [0.4, 0.5) is 5.82 Å². The topological polar surface area (TPSA) is 77.6 Å². The van der Waals surface area contributed by atoms with Crippen LogP contribution in [0.25, 0.3) is 33.6 Å². The Morgan fingerprint density at radius 3 is 2.04 bits per heavy atom. The predicted molar refractivity (Wildman–Crippen MR) is 97.2 cm³/mol. The molecule has 4 aromatic rings. The average Bonchev–Trinajstić information content (AvgIpc) is 2.58. The number of benzene rings is 2. The van der Waals surface area contributed by atoms with Gasteiger partial charge in [0.15, 0.2) is 22.8 Å². The number of hydrogen-bond acceptors (Lipinski definition) is 5. The maximum Gasteiger partial charge on any atom is 0.184 e. The van der Waals surface area contributed by atoms with Gasteiger partial charge in [0, 0.05) is 5.56 Å². The molecule has 0 aliphatic carbocycles. The molecule has 0 atom stereocenters. The normalized spacial score (nSPS) is 11.3. The van der Waals surface area contributed by atoms with Gasteiger partial charge in [0.2, 0.25) is 0 Å². The van der Waals surface area contributed by atoms with Crippen molar-refractivity contribution in [3.05, 3.63) is 52.0 Å². The zero-order chi connectivity index (χ0) is 16.8. The summed E-state index contributed by atoms with van der Waals surface area (Å²) in [5, 5.41) is 0.906. The Kier molecular flexibility index (Phi) is 3.48. The molecular formula is C17H11Cl2N5. The summed E-state index contributed by atoms with van der Waals surface area (Å²) < 4.78 is 0. The molecule has 0 radical (unpaired) electrons. The lowest BCUT2D eigenvalue weighted by atomic mass is 10.1. The molecule has 0 aliphatic rings. The summed E-state index contributed by atoms with van der Waals surface area (Å²) in [5.74, 6) is 0.743. The number of nitrogen functional groups attached to an aromatic ring is 1. The van der Waals surface area contributed by atoms with Crippen LogP contribution in [-0.4, -0.2) is 19.9 Å². The first-order chi connectivity index (χ1) is 11.5. The molecule has 5 nitrogen and oxygen atoms in total. The molecule has 0 spiro atoms. The highest BCUT2D eigenvalue weighted by Gasteiger charge is 2.14. The lowest BCUT2D eigenvalue weighted by molar-refractivity contribution is 1.18. The van der Waals surface area contributed by atoms with Gasteiger partial charge in [0.05, 0.1) is 10.0 Å². The lowest BCUT2D eigenvalue weighted by Crippen LogP contribution is -2.02. The van der Waals surface area contributed by atoms with Gasteiger partial charge in [-0.3, -0.25) is 0 Å². The second-order valence-electron chi connectivity index (χ2n) is 5.42. The largest absolute Gasteiger partial charge is 0.382 e. The van der Waals surface area contributed by atoms with E-state index in [1.165, 1.54) is 0 Å². The summed E-state index contributed by atoms with van der Waals surface area (Å²) in [6, 6.07) is 11.2. The van der Waals surface area contributed by atoms with Crippen LogP contribution in [0, 0.1) is 6.92 Å².